The van der Waals surface area contributed by atoms with Crippen LogP contribution in [0, 0.1) is 17.8 Å². The maximum Gasteiger partial charge on any atom is 0.430 e. The summed E-state index contributed by atoms with van der Waals surface area (Å²) < 4.78 is 47.2. The van der Waals surface area contributed by atoms with Crippen LogP contribution in [-0.2, 0) is 10.4 Å². The standard InChI is InChI=1S/C28H34ClF3N4O4/c1-34(2)25(37)21-8-9-23(33-24(21)29)36-12-10-17(11-13-36)22-14-18(22)16-35(3)26(38)27(39,28(30,31)32)19-6-5-7-20(15-19)40-4/h5-9,15,17-18,22,39H,10-14,16H2,1-4H3/t18-,22+,27+/m0/s1. The lowest BCUT2D eigenvalue weighted by atomic mass is 9.90. The zero-order valence-electron chi connectivity index (χ0n) is 22.9. The number of ether oxygens (including phenoxy) is 1. The fourth-order valence-electron chi connectivity index (χ4n) is 5.58. The number of hydrogen-bond donors (Lipinski definition) is 1. The quantitative estimate of drug-likeness (QED) is 0.470. The Balaban J connectivity index is 1.35. The van der Waals surface area contributed by atoms with Crippen molar-refractivity contribution in [1.29, 1.82) is 0 Å². The van der Waals surface area contributed by atoms with Crippen LogP contribution in [0.1, 0.15) is 35.2 Å². The molecule has 8 nitrogen and oxygen atoms in total. The number of aliphatic hydroxyl groups is 1. The lowest BCUT2D eigenvalue weighted by molar-refractivity contribution is -0.261. The predicted molar refractivity (Wildman–Crippen MR) is 144 cm³/mol. The molecule has 1 aromatic carbocycles. The van der Waals surface area contributed by atoms with Gasteiger partial charge in [0.05, 0.1) is 12.7 Å². The van der Waals surface area contributed by atoms with Gasteiger partial charge in [0.15, 0.2) is 0 Å². The topological polar surface area (TPSA) is 86.2 Å². The summed E-state index contributed by atoms with van der Waals surface area (Å²) in [6.45, 7) is 1.60. The van der Waals surface area contributed by atoms with Crippen molar-refractivity contribution in [3.8, 4) is 5.75 Å². The van der Waals surface area contributed by atoms with Crippen LogP contribution in [-0.4, -0.2) is 85.8 Å². The first-order valence-corrected chi connectivity index (χ1v) is 13.5. The van der Waals surface area contributed by atoms with Gasteiger partial charge in [-0.25, -0.2) is 4.98 Å². The van der Waals surface area contributed by atoms with E-state index in [0.29, 0.717) is 23.2 Å². The number of aromatic nitrogens is 1. The zero-order chi connectivity index (χ0) is 29.4. The molecule has 12 heteroatoms. The summed E-state index contributed by atoms with van der Waals surface area (Å²) >= 11 is 6.27. The molecule has 0 bridgehead atoms. The lowest BCUT2D eigenvalue weighted by Gasteiger charge is -2.34. The third-order valence-corrected chi connectivity index (χ3v) is 8.27. The second kappa shape index (κ2) is 11.4. The van der Waals surface area contributed by atoms with E-state index < -0.39 is 23.2 Å². The maximum absolute atomic E-state index is 14.1. The van der Waals surface area contributed by atoms with Gasteiger partial charge in [0.25, 0.3) is 17.4 Å². The molecule has 1 saturated heterocycles. The van der Waals surface area contributed by atoms with Gasteiger partial charge in [0.2, 0.25) is 0 Å². The van der Waals surface area contributed by atoms with Crippen molar-refractivity contribution in [1.82, 2.24) is 14.8 Å². The van der Waals surface area contributed by atoms with E-state index in [9.17, 15) is 27.9 Å². The van der Waals surface area contributed by atoms with E-state index in [-0.39, 0.29) is 29.3 Å². The molecule has 2 amide bonds. The minimum absolute atomic E-state index is 0.0668. The highest BCUT2D eigenvalue weighted by Crippen LogP contribution is 2.49. The average Bonchev–Trinajstić information content (AvgIpc) is 3.70. The fraction of sp³-hybridized carbons (Fsp3) is 0.536. The van der Waals surface area contributed by atoms with Crippen LogP contribution < -0.4 is 9.64 Å². The van der Waals surface area contributed by atoms with E-state index in [2.05, 4.69) is 9.88 Å². The van der Waals surface area contributed by atoms with Crippen LogP contribution in [0.25, 0.3) is 0 Å². The fourth-order valence-corrected chi connectivity index (χ4v) is 5.81. The minimum atomic E-state index is -5.21. The van der Waals surface area contributed by atoms with Crippen LogP contribution in [0.2, 0.25) is 5.15 Å². The van der Waals surface area contributed by atoms with Gasteiger partial charge in [-0.2, -0.15) is 13.2 Å². The van der Waals surface area contributed by atoms with E-state index in [1.165, 1.54) is 31.2 Å². The van der Waals surface area contributed by atoms with Gasteiger partial charge < -0.3 is 24.5 Å². The normalized spacial score (nSPS) is 21.0. The van der Waals surface area contributed by atoms with E-state index in [4.69, 9.17) is 16.3 Å². The van der Waals surface area contributed by atoms with Gasteiger partial charge in [-0.05, 0) is 61.3 Å². The third kappa shape index (κ3) is 5.85. The number of anilines is 1. The van der Waals surface area contributed by atoms with Gasteiger partial charge in [-0.1, -0.05) is 23.7 Å². The number of likely N-dealkylation sites (N-methyl/N-ethyl adjacent to an activating group) is 1. The Morgan fingerprint density at radius 2 is 1.82 bits per heavy atom. The highest BCUT2D eigenvalue weighted by Gasteiger charge is 2.62. The molecule has 2 aromatic rings. The summed E-state index contributed by atoms with van der Waals surface area (Å²) in [7, 11) is 5.89. The second-order valence-corrected chi connectivity index (χ2v) is 11.2. The summed E-state index contributed by atoms with van der Waals surface area (Å²) in [6, 6.07) is 8.32. The van der Waals surface area contributed by atoms with Gasteiger partial charge >= 0.3 is 6.18 Å². The molecule has 1 aliphatic carbocycles. The van der Waals surface area contributed by atoms with Crippen molar-refractivity contribution >= 4 is 29.2 Å². The summed E-state index contributed by atoms with van der Waals surface area (Å²) in [5, 5.41) is 10.9. The zero-order valence-corrected chi connectivity index (χ0v) is 23.7. The molecule has 0 spiro atoms. The molecule has 2 fully saturated rings. The number of rotatable bonds is 8. The number of benzene rings is 1. The largest absolute Gasteiger partial charge is 0.497 e. The smallest absolute Gasteiger partial charge is 0.430 e. The Morgan fingerprint density at radius 1 is 1.15 bits per heavy atom. The number of methoxy groups -OCH3 is 1. The lowest BCUT2D eigenvalue weighted by Crippen LogP contribution is -2.55. The molecule has 0 unspecified atom stereocenters. The number of amides is 2. The van der Waals surface area contributed by atoms with E-state index in [0.717, 1.165) is 49.4 Å². The Labute approximate surface area is 236 Å². The van der Waals surface area contributed by atoms with E-state index >= 15 is 0 Å². The van der Waals surface area contributed by atoms with Crippen LogP contribution >= 0.6 is 11.6 Å². The third-order valence-electron chi connectivity index (χ3n) is 7.98. The molecule has 2 aliphatic rings. The Kier molecular flexibility index (Phi) is 8.56. The molecule has 4 rings (SSSR count). The van der Waals surface area contributed by atoms with E-state index in [1.54, 1.807) is 26.2 Å². The van der Waals surface area contributed by atoms with Crippen LogP contribution in [0.5, 0.6) is 5.75 Å². The van der Waals surface area contributed by atoms with Crippen molar-refractivity contribution in [2.24, 2.45) is 17.8 Å². The van der Waals surface area contributed by atoms with Gasteiger partial charge in [-0.15, -0.1) is 0 Å². The molecular weight excluding hydrogens is 549 g/mol. The van der Waals surface area contributed by atoms with Crippen molar-refractivity contribution in [3.63, 3.8) is 0 Å². The molecule has 1 N–H and O–H groups in total. The van der Waals surface area contributed by atoms with Crippen molar-refractivity contribution in [2.75, 3.05) is 52.8 Å². The molecule has 2 heterocycles. The van der Waals surface area contributed by atoms with Crippen molar-refractivity contribution in [2.45, 2.75) is 31.0 Å². The number of alkyl halides is 3. The van der Waals surface area contributed by atoms with Gasteiger partial charge in [-0.3, -0.25) is 9.59 Å². The number of piperidine rings is 1. The predicted octanol–water partition coefficient (Wildman–Crippen LogP) is 4.21. The number of nitrogens with zero attached hydrogens (tertiary/aromatic N) is 4. The van der Waals surface area contributed by atoms with Crippen LogP contribution in [0.15, 0.2) is 36.4 Å². The van der Waals surface area contributed by atoms with Crippen LogP contribution in [0.4, 0.5) is 19.0 Å². The number of carbonyl (C=O) groups is 2. The molecule has 1 aromatic heterocycles. The highest BCUT2D eigenvalue weighted by molar-refractivity contribution is 6.32. The molecule has 0 radical (unpaired) electrons. The Bertz CT molecular complexity index is 1250. The molecule has 3 atom stereocenters. The molecular formula is C28H34ClF3N4O4. The number of halogens is 4. The number of pyridine rings is 1. The first kappa shape index (κ1) is 29.9. The molecule has 218 valence electrons. The molecule has 40 heavy (non-hydrogen) atoms. The number of hydrogen-bond acceptors (Lipinski definition) is 6. The first-order valence-electron chi connectivity index (χ1n) is 13.1. The SMILES string of the molecule is COc1cccc([C@@](O)(C(=O)N(C)C[C@@H]2C[C@@H]2C2CCN(c3ccc(C(=O)N(C)C)c(Cl)n3)CC2)C(F)(F)F)c1. The van der Waals surface area contributed by atoms with Gasteiger partial charge in [0, 0.05) is 46.3 Å². The minimum Gasteiger partial charge on any atom is -0.497 e. The highest BCUT2D eigenvalue weighted by atomic mass is 35.5. The first-order chi connectivity index (χ1) is 18.8. The maximum atomic E-state index is 14.1. The summed E-state index contributed by atoms with van der Waals surface area (Å²) in [5.41, 5.74) is -3.91. The molecule has 1 aliphatic heterocycles. The number of carbonyl (C=O) groups excluding carboxylic acids is 2. The average molecular weight is 583 g/mol. The van der Waals surface area contributed by atoms with Crippen molar-refractivity contribution < 1.29 is 32.6 Å². The Hall–Kier alpha value is -3.05. The van der Waals surface area contributed by atoms with Crippen molar-refractivity contribution in [3.05, 3.63) is 52.7 Å². The monoisotopic (exact) mass is 582 g/mol. The summed E-state index contributed by atoms with van der Waals surface area (Å²) in [4.78, 5) is 34.2. The summed E-state index contributed by atoms with van der Waals surface area (Å²) in [5.74, 6) is -0.0899. The summed E-state index contributed by atoms with van der Waals surface area (Å²) in [6.07, 6.45) is -2.66. The second-order valence-electron chi connectivity index (χ2n) is 10.8. The van der Waals surface area contributed by atoms with E-state index in [1.807, 2.05) is 0 Å². The molecule has 1 saturated carbocycles. The van der Waals surface area contributed by atoms with Gasteiger partial charge in [0.1, 0.15) is 16.7 Å². The Morgan fingerprint density at radius 3 is 2.40 bits per heavy atom. The van der Waals surface area contributed by atoms with Crippen LogP contribution in [0.3, 0.4) is 0 Å².